The third-order valence-electron chi connectivity index (χ3n) is 3.09. The smallest absolute Gasteiger partial charge is 0.251 e. The molecule has 1 aromatic rings. The normalized spacial score (nSPS) is 17.6. The minimum absolute atomic E-state index is 0.692. The molecule has 1 aliphatic rings. The Hall–Kier alpha value is -1.61. The zero-order chi connectivity index (χ0) is 12.1. The van der Waals surface area contributed by atoms with Crippen LogP contribution in [0.25, 0.3) is 5.57 Å². The number of piperazine rings is 1. The summed E-state index contributed by atoms with van der Waals surface area (Å²) >= 11 is 0. The molecule has 0 saturated carbocycles. The summed E-state index contributed by atoms with van der Waals surface area (Å²) in [6.45, 7) is 5.57. The lowest BCUT2D eigenvalue weighted by Crippen LogP contribution is -2.43. The van der Waals surface area contributed by atoms with Crippen molar-refractivity contribution in [3.05, 3.63) is 41.6 Å². The molecule has 0 amide bonds. The first-order chi connectivity index (χ1) is 8.33. The molecule has 1 fully saturated rings. The standard InChI is InChI=1S/C14H17N2O/c1-12(13-5-3-2-4-6-13)14(11-17)16-9-7-15-8-10-16/h2-6,15H,7-10H2,1H3. The van der Waals surface area contributed by atoms with Crippen LogP contribution in [0, 0.1) is 0 Å². The van der Waals surface area contributed by atoms with E-state index in [2.05, 4.69) is 16.5 Å². The summed E-state index contributed by atoms with van der Waals surface area (Å²) in [5.41, 5.74) is 2.78. The van der Waals surface area contributed by atoms with Crippen LogP contribution in [0.5, 0.6) is 0 Å². The minimum atomic E-state index is 0.692. The molecule has 2 rings (SSSR count). The van der Waals surface area contributed by atoms with Gasteiger partial charge in [0.15, 0.2) is 0 Å². The summed E-state index contributed by atoms with van der Waals surface area (Å²) in [7, 11) is 0. The predicted molar refractivity (Wildman–Crippen MR) is 69.2 cm³/mol. The van der Waals surface area contributed by atoms with E-state index in [4.69, 9.17) is 0 Å². The lowest BCUT2D eigenvalue weighted by molar-refractivity contribution is 0.310. The minimum Gasteiger partial charge on any atom is -0.365 e. The molecule has 17 heavy (non-hydrogen) atoms. The second-order valence-corrected chi connectivity index (χ2v) is 4.18. The van der Waals surface area contributed by atoms with Crippen molar-refractivity contribution in [2.75, 3.05) is 26.2 Å². The maximum absolute atomic E-state index is 11.2. The van der Waals surface area contributed by atoms with Crippen molar-refractivity contribution in [2.45, 2.75) is 6.92 Å². The van der Waals surface area contributed by atoms with Crippen molar-refractivity contribution in [3.8, 4) is 0 Å². The van der Waals surface area contributed by atoms with Crippen LogP contribution >= 0.6 is 0 Å². The highest BCUT2D eigenvalue weighted by atomic mass is 16.1. The SMILES string of the molecule is CC(=C([C]=O)N1CCNCC1)c1ccccc1. The maximum atomic E-state index is 11.2. The van der Waals surface area contributed by atoms with Crippen LogP contribution in [-0.2, 0) is 4.79 Å². The van der Waals surface area contributed by atoms with E-state index in [0.717, 1.165) is 37.3 Å². The first-order valence-electron chi connectivity index (χ1n) is 5.93. The first kappa shape index (κ1) is 11.9. The van der Waals surface area contributed by atoms with Crippen molar-refractivity contribution in [3.63, 3.8) is 0 Å². The quantitative estimate of drug-likeness (QED) is 0.796. The number of hydrogen-bond donors (Lipinski definition) is 1. The molecule has 1 radical (unpaired) electrons. The highest BCUT2D eigenvalue weighted by molar-refractivity contribution is 5.87. The number of nitrogens with one attached hydrogen (secondary N) is 1. The van der Waals surface area contributed by atoms with Crippen LogP contribution in [0.2, 0.25) is 0 Å². The Bertz CT molecular complexity index is 405. The Balaban J connectivity index is 2.29. The van der Waals surface area contributed by atoms with Crippen LogP contribution in [0.3, 0.4) is 0 Å². The van der Waals surface area contributed by atoms with Gasteiger partial charge < -0.3 is 10.2 Å². The van der Waals surface area contributed by atoms with Gasteiger partial charge in [-0.25, -0.2) is 0 Å². The van der Waals surface area contributed by atoms with E-state index in [0.29, 0.717) is 5.70 Å². The van der Waals surface area contributed by atoms with Crippen LogP contribution in [0.1, 0.15) is 12.5 Å². The average molecular weight is 229 g/mol. The van der Waals surface area contributed by atoms with Gasteiger partial charge in [-0.1, -0.05) is 30.3 Å². The molecule has 1 aliphatic heterocycles. The van der Waals surface area contributed by atoms with Crippen molar-refractivity contribution in [1.82, 2.24) is 10.2 Å². The van der Waals surface area contributed by atoms with E-state index in [1.165, 1.54) is 0 Å². The van der Waals surface area contributed by atoms with Gasteiger partial charge in [-0.3, -0.25) is 4.79 Å². The third-order valence-corrected chi connectivity index (χ3v) is 3.09. The van der Waals surface area contributed by atoms with Gasteiger partial charge >= 0.3 is 0 Å². The molecule has 3 nitrogen and oxygen atoms in total. The molecule has 1 N–H and O–H groups in total. The summed E-state index contributed by atoms with van der Waals surface area (Å²) in [6, 6.07) is 9.99. The zero-order valence-electron chi connectivity index (χ0n) is 10.1. The Kier molecular flexibility index (Phi) is 3.94. The summed E-state index contributed by atoms with van der Waals surface area (Å²) in [5.74, 6) is 0. The van der Waals surface area contributed by atoms with Gasteiger partial charge in [-0.2, -0.15) is 0 Å². The van der Waals surface area contributed by atoms with E-state index in [1.807, 2.05) is 37.3 Å². The number of nitrogens with zero attached hydrogens (tertiary/aromatic N) is 1. The summed E-state index contributed by atoms with van der Waals surface area (Å²) in [6.07, 6.45) is 2.10. The third kappa shape index (κ3) is 2.74. The Morgan fingerprint density at radius 3 is 2.47 bits per heavy atom. The average Bonchev–Trinajstić information content (AvgIpc) is 2.42. The number of hydrogen-bond acceptors (Lipinski definition) is 3. The Morgan fingerprint density at radius 2 is 1.88 bits per heavy atom. The summed E-state index contributed by atoms with van der Waals surface area (Å²) in [4.78, 5) is 13.3. The number of carbonyl (C=O) groups excluding carboxylic acids is 1. The van der Waals surface area contributed by atoms with Gasteiger partial charge in [0.25, 0.3) is 6.29 Å². The summed E-state index contributed by atoms with van der Waals surface area (Å²) < 4.78 is 0. The van der Waals surface area contributed by atoms with Crippen molar-refractivity contribution in [2.24, 2.45) is 0 Å². The highest BCUT2D eigenvalue weighted by Gasteiger charge is 2.16. The topological polar surface area (TPSA) is 32.3 Å². The zero-order valence-corrected chi connectivity index (χ0v) is 10.1. The molecule has 0 unspecified atom stereocenters. The van der Waals surface area contributed by atoms with Crippen LogP contribution in [0.4, 0.5) is 0 Å². The van der Waals surface area contributed by atoms with E-state index in [9.17, 15) is 4.79 Å². The van der Waals surface area contributed by atoms with Gasteiger partial charge in [0, 0.05) is 26.2 Å². The Morgan fingerprint density at radius 1 is 1.24 bits per heavy atom. The Labute approximate surface area is 102 Å². The van der Waals surface area contributed by atoms with Gasteiger partial charge in [-0.15, -0.1) is 0 Å². The fourth-order valence-corrected chi connectivity index (χ4v) is 2.09. The number of benzene rings is 1. The second kappa shape index (κ2) is 5.64. The van der Waals surface area contributed by atoms with Crippen LogP contribution < -0.4 is 5.32 Å². The van der Waals surface area contributed by atoms with Crippen molar-refractivity contribution in [1.29, 1.82) is 0 Å². The lowest BCUT2D eigenvalue weighted by atomic mass is 10.0. The molecule has 0 bridgehead atoms. The molecule has 1 saturated heterocycles. The molecular formula is C14H17N2O. The van der Waals surface area contributed by atoms with Crippen molar-refractivity contribution < 1.29 is 4.79 Å². The number of rotatable bonds is 3. The first-order valence-corrected chi connectivity index (χ1v) is 5.93. The molecule has 0 aromatic heterocycles. The van der Waals surface area contributed by atoms with E-state index in [-0.39, 0.29) is 0 Å². The molecule has 89 valence electrons. The second-order valence-electron chi connectivity index (χ2n) is 4.18. The molecular weight excluding hydrogens is 212 g/mol. The summed E-state index contributed by atoms with van der Waals surface area (Å²) in [5, 5.41) is 3.28. The van der Waals surface area contributed by atoms with Crippen LogP contribution in [-0.4, -0.2) is 37.4 Å². The lowest BCUT2D eigenvalue weighted by Gasteiger charge is -2.30. The largest absolute Gasteiger partial charge is 0.365 e. The van der Waals surface area contributed by atoms with E-state index < -0.39 is 0 Å². The molecule has 3 heteroatoms. The fourth-order valence-electron chi connectivity index (χ4n) is 2.09. The molecule has 0 spiro atoms. The van der Waals surface area contributed by atoms with Crippen molar-refractivity contribution >= 4 is 11.9 Å². The monoisotopic (exact) mass is 229 g/mol. The van der Waals surface area contributed by atoms with E-state index in [1.54, 1.807) is 0 Å². The van der Waals surface area contributed by atoms with E-state index >= 15 is 0 Å². The van der Waals surface area contributed by atoms with Crippen LogP contribution in [0.15, 0.2) is 36.0 Å². The van der Waals surface area contributed by atoms with Gasteiger partial charge in [0.05, 0.1) is 5.70 Å². The predicted octanol–water partition coefficient (Wildman–Crippen LogP) is 1.43. The van der Waals surface area contributed by atoms with Gasteiger partial charge in [-0.05, 0) is 18.1 Å². The molecule has 1 heterocycles. The fraction of sp³-hybridized carbons (Fsp3) is 0.357. The highest BCUT2D eigenvalue weighted by Crippen LogP contribution is 2.19. The van der Waals surface area contributed by atoms with Gasteiger partial charge in [0.2, 0.25) is 0 Å². The number of allylic oxidation sites excluding steroid dienone is 2. The molecule has 0 aliphatic carbocycles. The molecule has 1 aromatic carbocycles. The maximum Gasteiger partial charge on any atom is 0.251 e. The molecule has 0 atom stereocenters. The van der Waals surface area contributed by atoms with Gasteiger partial charge in [0.1, 0.15) is 0 Å².